The van der Waals surface area contributed by atoms with Crippen molar-refractivity contribution < 1.29 is 4.79 Å². The minimum Gasteiger partial charge on any atom is -0.323 e. The SMILES string of the molecule is C=CCC(=O)C(C)C(N)c1ccccc1. The van der Waals surface area contributed by atoms with Gasteiger partial charge >= 0.3 is 0 Å². The molecule has 2 nitrogen and oxygen atoms in total. The first-order valence-corrected chi connectivity index (χ1v) is 5.11. The van der Waals surface area contributed by atoms with Crippen molar-refractivity contribution in [2.75, 3.05) is 0 Å². The van der Waals surface area contributed by atoms with Crippen molar-refractivity contribution in [1.29, 1.82) is 0 Å². The second-order valence-electron chi connectivity index (χ2n) is 3.68. The average Bonchev–Trinajstić information content (AvgIpc) is 2.28. The Bertz CT molecular complexity index is 332. The number of carbonyl (C=O) groups excluding carboxylic acids is 1. The molecule has 0 aromatic heterocycles. The normalized spacial score (nSPS) is 14.3. The van der Waals surface area contributed by atoms with Crippen LogP contribution in [0.4, 0.5) is 0 Å². The Morgan fingerprint density at radius 1 is 1.47 bits per heavy atom. The van der Waals surface area contributed by atoms with E-state index in [0.717, 1.165) is 5.56 Å². The fourth-order valence-corrected chi connectivity index (χ4v) is 1.49. The molecule has 0 aliphatic carbocycles. The van der Waals surface area contributed by atoms with Crippen molar-refractivity contribution in [1.82, 2.24) is 0 Å². The lowest BCUT2D eigenvalue weighted by Crippen LogP contribution is -2.25. The molecule has 1 rings (SSSR count). The van der Waals surface area contributed by atoms with Crippen molar-refractivity contribution in [3.8, 4) is 0 Å². The van der Waals surface area contributed by atoms with Crippen molar-refractivity contribution >= 4 is 5.78 Å². The van der Waals surface area contributed by atoms with Crippen LogP contribution in [0.25, 0.3) is 0 Å². The zero-order chi connectivity index (χ0) is 11.3. The van der Waals surface area contributed by atoms with E-state index in [1.807, 2.05) is 37.3 Å². The molecule has 0 saturated heterocycles. The van der Waals surface area contributed by atoms with Crippen LogP contribution in [0, 0.1) is 5.92 Å². The number of rotatable bonds is 5. The zero-order valence-corrected chi connectivity index (χ0v) is 9.02. The van der Waals surface area contributed by atoms with Crippen LogP contribution in [0.2, 0.25) is 0 Å². The molecule has 2 heteroatoms. The summed E-state index contributed by atoms with van der Waals surface area (Å²) in [4.78, 5) is 11.6. The lowest BCUT2D eigenvalue weighted by molar-refractivity contribution is -0.122. The van der Waals surface area contributed by atoms with Gasteiger partial charge < -0.3 is 5.73 Å². The maximum absolute atomic E-state index is 11.6. The molecule has 0 spiro atoms. The van der Waals surface area contributed by atoms with E-state index in [9.17, 15) is 4.79 Å². The predicted molar refractivity (Wildman–Crippen MR) is 62.4 cm³/mol. The molecule has 0 bridgehead atoms. The first kappa shape index (κ1) is 11.7. The summed E-state index contributed by atoms with van der Waals surface area (Å²) in [6.45, 7) is 5.42. The Morgan fingerprint density at radius 2 is 2.07 bits per heavy atom. The summed E-state index contributed by atoms with van der Waals surface area (Å²) < 4.78 is 0. The molecule has 0 radical (unpaired) electrons. The van der Waals surface area contributed by atoms with Crippen molar-refractivity contribution in [2.24, 2.45) is 11.7 Å². The molecule has 0 aliphatic rings. The first-order chi connectivity index (χ1) is 7.16. The molecular weight excluding hydrogens is 186 g/mol. The van der Waals surface area contributed by atoms with Crippen LogP contribution in [-0.4, -0.2) is 5.78 Å². The van der Waals surface area contributed by atoms with Gasteiger partial charge in [0, 0.05) is 18.4 Å². The molecule has 0 aliphatic heterocycles. The van der Waals surface area contributed by atoms with Crippen molar-refractivity contribution in [3.63, 3.8) is 0 Å². The average molecular weight is 203 g/mol. The molecule has 15 heavy (non-hydrogen) atoms. The molecule has 0 amide bonds. The smallest absolute Gasteiger partial charge is 0.141 e. The van der Waals surface area contributed by atoms with Gasteiger partial charge in [-0.3, -0.25) is 4.79 Å². The fourth-order valence-electron chi connectivity index (χ4n) is 1.49. The molecule has 2 atom stereocenters. The molecule has 1 aromatic carbocycles. The van der Waals surface area contributed by atoms with Crippen LogP contribution in [-0.2, 0) is 4.79 Å². The Hall–Kier alpha value is -1.41. The third kappa shape index (κ3) is 3.03. The second-order valence-corrected chi connectivity index (χ2v) is 3.68. The minimum atomic E-state index is -0.223. The summed E-state index contributed by atoms with van der Waals surface area (Å²) in [5.41, 5.74) is 7.02. The van der Waals surface area contributed by atoms with Gasteiger partial charge in [0.25, 0.3) is 0 Å². The van der Waals surface area contributed by atoms with Gasteiger partial charge in [0.1, 0.15) is 5.78 Å². The summed E-state index contributed by atoms with van der Waals surface area (Å²) in [6, 6.07) is 9.47. The van der Waals surface area contributed by atoms with E-state index in [1.54, 1.807) is 6.08 Å². The van der Waals surface area contributed by atoms with Gasteiger partial charge in [-0.05, 0) is 5.56 Å². The van der Waals surface area contributed by atoms with Gasteiger partial charge in [0.05, 0.1) is 0 Å². The molecule has 0 fully saturated rings. The van der Waals surface area contributed by atoms with Crippen LogP contribution in [0.5, 0.6) is 0 Å². The van der Waals surface area contributed by atoms with E-state index in [2.05, 4.69) is 6.58 Å². The van der Waals surface area contributed by atoms with E-state index in [4.69, 9.17) is 5.73 Å². The van der Waals surface area contributed by atoms with E-state index >= 15 is 0 Å². The van der Waals surface area contributed by atoms with E-state index in [-0.39, 0.29) is 17.7 Å². The van der Waals surface area contributed by atoms with Crippen LogP contribution in [0.1, 0.15) is 24.9 Å². The predicted octanol–water partition coefficient (Wildman–Crippen LogP) is 2.47. The highest BCUT2D eigenvalue weighted by Crippen LogP contribution is 2.20. The van der Waals surface area contributed by atoms with E-state index in [0.29, 0.717) is 6.42 Å². The summed E-state index contributed by atoms with van der Waals surface area (Å²) in [5.74, 6) is -0.0215. The highest BCUT2D eigenvalue weighted by atomic mass is 16.1. The number of hydrogen-bond donors (Lipinski definition) is 1. The minimum absolute atomic E-state index is 0.140. The van der Waals surface area contributed by atoms with Crippen LogP contribution >= 0.6 is 0 Å². The van der Waals surface area contributed by atoms with Gasteiger partial charge in [0.15, 0.2) is 0 Å². The standard InChI is InChI=1S/C13H17NO/c1-3-7-12(15)10(2)13(14)11-8-5-4-6-9-11/h3-6,8-10,13H,1,7,14H2,2H3. The number of hydrogen-bond acceptors (Lipinski definition) is 2. The molecule has 1 aromatic rings. The van der Waals surface area contributed by atoms with Gasteiger partial charge in [-0.15, -0.1) is 6.58 Å². The monoisotopic (exact) mass is 203 g/mol. The van der Waals surface area contributed by atoms with Crippen LogP contribution < -0.4 is 5.73 Å². The van der Waals surface area contributed by atoms with Crippen LogP contribution in [0.3, 0.4) is 0 Å². The van der Waals surface area contributed by atoms with Gasteiger partial charge in [-0.25, -0.2) is 0 Å². The third-order valence-corrected chi connectivity index (χ3v) is 2.58. The number of nitrogens with two attached hydrogens (primary N) is 1. The number of allylic oxidation sites excluding steroid dienone is 1. The van der Waals surface area contributed by atoms with E-state index < -0.39 is 0 Å². The van der Waals surface area contributed by atoms with E-state index in [1.165, 1.54) is 0 Å². The van der Waals surface area contributed by atoms with Gasteiger partial charge in [-0.2, -0.15) is 0 Å². The number of carbonyl (C=O) groups is 1. The highest BCUT2D eigenvalue weighted by Gasteiger charge is 2.20. The lowest BCUT2D eigenvalue weighted by Gasteiger charge is -2.18. The largest absolute Gasteiger partial charge is 0.323 e. The highest BCUT2D eigenvalue weighted by molar-refractivity contribution is 5.82. The second kappa shape index (κ2) is 5.47. The van der Waals surface area contributed by atoms with Gasteiger partial charge in [0.2, 0.25) is 0 Å². The summed E-state index contributed by atoms with van der Waals surface area (Å²) >= 11 is 0. The molecule has 80 valence electrons. The summed E-state index contributed by atoms with van der Waals surface area (Å²) in [6.07, 6.45) is 2.01. The molecular formula is C13H17NO. The topological polar surface area (TPSA) is 43.1 Å². The Balaban J connectivity index is 2.72. The van der Waals surface area contributed by atoms with Crippen LogP contribution in [0.15, 0.2) is 43.0 Å². The number of ketones is 1. The maximum Gasteiger partial charge on any atom is 0.141 e. The third-order valence-electron chi connectivity index (χ3n) is 2.58. The van der Waals surface area contributed by atoms with Crippen molar-refractivity contribution in [2.45, 2.75) is 19.4 Å². The molecule has 0 saturated carbocycles. The Labute approximate surface area is 90.8 Å². The quantitative estimate of drug-likeness (QED) is 0.747. The Kier molecular flexibility index (Phi) is 4.25. The Morgan fingerprint density at radius 3 is 2.60 bits per heavy atom. The number of benzene rings is 1. The van der Waals surface area contributed by atoms with Gasteiger partial charge in [-0.1, -0.05) is 43.3 Å². The first-order valence-electron chi connectivity index (χ1n) is 5.11. The molecule has 2 unspecified atom stereocenters. The van der Waals surface area contributed by atoms with Crippen molar-refractivity contribution in [3.05, 3.63) is 48.6 Å². The number of Topliss-reactive ketones (excluding diaryl/α,β-unsaturated/α-hetero) is 1. The summed E-state index contributed by atoms with van der Waals surface area (Å²) in [7, 11) is 0. The molecule has 2 N–H and O–H groups in total. The zero-order valence-electron chi connectivity index (χ0n) is 9.02. The maximum atomic E-state index is 11.6. The molecule has 0 heterocycles. The fraction of sp³-hybridized carbons (Fsp3) is 0.308. The lowest BCUT2D eigenvalue weighted by atomic mass is 9.90. The summed E-state index contributed by atoms with van der Waals surface area (Å²) in [5, 5.41) is 0.